The highest BCUT2D eigenvalue weighted by atomic mass is 79.9. The van der Waals surface area contributed by atoms with Crippen molar-refractivity contribution in [2.45, 2.75) is 11.5 Å². The summed E-state index contributed by atoms with van der Waals surface area (Å²) in [4.78, 5) is 0. The summed E-state index contributed by atoms with van der Waals surface area (Å²) in [6.45, 7) is 0. The van der Waals surface area contributed by atoms with Crippen LogP contribution in [0.4, 0.5) is 17.6 Å². The maximum absolute atomic E-state index is 13.6. The maximum atomic E-state index is 13.6. The van der Waals surface area contributed by atoms with Crippen molar-refractivity contribution in [1.29, 1.82) is 0 Å². The lowest BCUT2D eigenvalue weighted by Crippen LogP contribution is -2.07. The fraction of sp³-hybridized carbons (Fsp3) is 0.143. The van der Waals surface area contributed by atoms with Gasteiger partial charge in [0.25, 0.3) is 0 Å². The first kappa shape index (κ1) is 14.8. The molecule has 1 nitrogen and oxygen atoms in total. The van der Waals surface area contributed by atoms with Gasteiger partial charge in [0.1, 0.15) is 17.3 Å². The van der Waals surface area contributed by atoms with E-state index in [0.717, 1.165) is 6.07 Å². The van der Waals surface area contributed by atoms with Gasteiger partial charge in [-0.25, -0.2) is 4.39 Å². The Kier molecular flexibility index (Phi) is 4.32. The van der Waals surface area contributed by atoms with E-state index in [1.807, 2.05) is 0 Å². The van der Waals surface area contributed by atoms with Crippen LogP contribution in [0, 0.1) is 5.82 Å². The topological polar surface area (TPSA) is 9.23 Å². The molecule has 0 aliphatic carbocycles. The van der Waals surface area contributed by atoms with E-state index in [-0.39, 0.29) is 22.4 Å². The highest BCUT2D eigenvalue weighted by Gasteiger charge is 2.34. The van der Waals surface area contributed by atoms with Crippen molar-refractivity contribution in [3.05, 3.63) is 59.4 Å². The Morgan fingerprint density at radius 3 is 2.25 bits per heavy atom. The number of para-hydroxylation sites is 1. The summed E-state index contributed by atoms with van der Waals surface area (Å²) >= 11 is 3.09. The van der Waals surface area contributed by atoms with E-state index in [0.29, 0.717) is 0 Å². The number of rotatable bonds is 3. The summed E-state index contributed by atoms with van der Waals surface area (Å²) in [5.41, 5.74) is -0.728. The molecule has 6 heteroatoms. The largest absolute Gasteiger partial charge is 0.456 e. The summed E-state index contributed by atoms with van der Waals surface area (Å²) < 4.78 is 57.4. The van der Waals surface area contributed by atoms with Crippen molar-refractivity contribution in [3.63, 3.8) is 0 Å². The van der Waals surface area contributed by atoms with Gasteiger partial charge in [0.05, 0.1) is 5.56 Å². The van der Waals surface area contributed by atoms with Gasteiger partial charge in [0, 0.05) is 10.9 Å². The van der Waals surface area contributed by atoms with Crippen molar-refractivity contribution in [2.75, 3.05) is 0 Å². The van der Waals surface area contributed by atoms with E-state index in [2.05, 4.69) is 15.9 Å². The maximum Gasteiger partial charge on any atom is 0.419 e. The molecule has 106 valence electrons. The van der Waals surface area contributed by atoms with Crippen molar-refractivity contribution in [1.82, 2.24) is 0 Å². The van der Waals surface area contributed by atoms with Gasteiger partial charge in [-0.1, -0.05) is 34.1 Å². The van der Waals surface area contributed by atoms with Crippen LogP contribution < -0.4 is 4.74 Å². The number of alkyl halides is 4. The molecule has 2 aromatic rings. The Morgan fingerprint density at radius 1 is 0.950 bits per heavy atom. The molecule has 0 aromatic heterocycles. The average molecular weight is 349 g/mol. The fourth-order valence-electron chi connectivity index (χ4n) is 1.67. The van der Waals surface area contributed by atoms with Gasteiger partial charge < -0.3 is 4.74 Å². The van der Waals surface area contributed by atoms with Crippen molar-refractivity contribution in [2.24, 2.45) is 0 Å². The molecule has 2 rings (SSSR count). The molecular weight excluding hydrogens is 340 g/mol. The molecule has 0 heterocycles. The van der Waals surface area contributed by atoms with Gasteiger partial charge in [-0.3, -0.25) is 0 Å². The second-order valence-corrected chi connectivity index (χ2v) is 4.51. The number of hydrogen-bond acceptors (Lipinski definition) is 1. The van der Waals surface area contributed by atoms with Crippen LogP contribution >= 0.6 is 15.9 Å². The number of ether oxygens (including phenoxy) is 1. The SMILES string of the molecule is Fc1cccc(Oc2ccccc2C(F)(F)F)c1CBr. The predicted molar refractivity (Wildman–Crippen MR) is 70.5 cm³/mol. The molecule has 0 aliphatic rings. The van der Waals surface area contributed by atoms with Crippen LogP contribution in [0.1, 0.15) is 11.1 Å². The van der Waals surface area contributed by atoms with E-state index in [9.17, 15) is 17.6 Å². The molecule has 2 aromatic carbocycles. The molecule has 0 saturated carbocycles. The standard InChI is InChI=1S/C14H9BrF4O/c15-8-9-11(16)5-3-7-12(9)20-13-6-2-1-4-10(13)14(17,18)19/h1-7H,8H2. The first-order valence-corrected chi connectivity index (χ1v) is 6.73. The molecule has 0 atom stereocenters. The van der Waals surface area contributed by atoms with Gasteiger partial charge in [-0.15, -0.1) is 0 Å². The summed E-state index contributed by atoms with van der Waals surface area (Å²) in [6, 6.07) is 8.84. The molecule has 0 aliphatic heterocycles. The quantitative estimate of drug-likeness (QED) is 0.523. The molecule has 0 saturated heterocycles. The Hall–Kier alpha value is -1.56. The second-order valence-electron chi connectivity index (χ2n) is 3.95. The lowest BCUT2D eigenvalue weighted by molar-refractivity contribution is -0.138. The molecule has 0 bridgehead atoms. The van der Waals surface area contributed by atoms with E-state index < -0.39 is 17.6 Å². The Balaban J connectivity index is 2.44. The van der Waals surface area contributed by atoms with Gasteiger partial charge in [-0.05, 0) is 24.3 Å². The van der Waals surface area contributed by atoms with Gasteiger partial charge in [0.15, 0.2) is 0 Å². The minimum Gasteiger partial charge on any atom is -0.456 e. The zero-order chi connectivity index (χ0) is 14.8. The second kappa shape index (κ2) is 5.83. The summed E-state index contributed by atoms with van der Waals surface area (Å²) in [7, 11) is 0. The highest BCUT2D eigenvalue weighted by molar-refractivity contribution is 9.08. The average Bonchev–Trinajstić information content (AvgIpc) is 2.38. The lowest BCUT2D eigenvalue weighted by atomic mass is 10.2. The minimum atomic E-state index is -4.53. The molecule has 0 N–H and O–H groups in total. The van der Waals surface area contributed by atoms with E-state index in [1.54, 1.807) is 0 Å². The third kappa shape index (κ3) is 3.12. The van der Waals surface area contributed by atoms with E-state index >= 15 is 0 Å². The number of halogens is 5. The molecule has 0 spiro atoms. The smallest absolute Gasteiger partial charge is 0.419 e. The predicted octanol–water partition coefficient (Wildman–Crippen LogP) is 5.53. The molecule has 0 radical (unpaired) electrons. The van der Waals surface area contributed by atoms with Crippen LogP contribution in [0.15, 0.2) is 42.5 Å². The Bertz CT molecular complexity index is 610. The molecule has 0 amide bonds. The Labute approximate surface area is 121 Å². The third-order valence-corrected chi connectivity index (χ3v) is 3.18. The summed E-state index contributed by atoms with van der Waals surface area (Å²) in [6.07, 6.45) is -4.53. The van der Waals surface area contributed by atoms with Crippen molar-refractivity contribution >= 4 is 15.9 Å². The molecule has 0 unspecified atom stereocenters. The van der Waals surface area contributed by atoms with Crippen LogP contribution in [0.25, 0.3) is 0 Å². The summed E-state index contributed by atoms with van der Waals surface area (Å²) in [5.74, 6) is -0.838. The van der Waals surface area contributed by atoms with E-state index in [1.165, 1.54) is 36.4 Å². The lowest BCUT2D eigenvalue weighted by Gasteiger charge is -2.15. The number of benzene rings is 2. The van der Waals surface area contributed by atoms with E-state index in [4.69, 9.17) is 4.74 Å². The third-order valence-electron chi connectivity index (χ3n) is 2.62. The van der Waals surface area contributed by atoms with Crippen LogP contribution in [0.5, 0.6) is 11.5 Å². The number of hydrogen-bond donors (Lipinski definition) is 0. The van der Waals surface area contributed by atoms with Crippen LogP contribution in [-0.4, -0.2) is 0 Å². The molecule has 0 fully saturated rings. The highest BCUT2D eigenvalue weighted by Crippen LogP contribution is 2.39. The van der Waals surface area contributed by atoms with Crippen LogP contribution in [0.3, 0.4) is 0 Å². The molecular formula is C14H9BrF4O. The van der Waals surface area contributed by atoms with Crippen LogP contribution in [-0.2, 0) is 11.5 Å². The van der Waals surface area contributed by atoms with Crippen LogP contribution in [0.2, 0.25) is 0 Å². The van der Waals surface area contributed by atoms with Gasteiger partial charge in [0.2, 0.25) is 0 Å². The minimum absolute atomic E-state index is 0.0542. The normalized spacial score (nSPS) is 11.4. The zero-order valence-corrected chi connectivity index (χ0v) is 11.6. The Morgan fingerprint density at radius 2 is 1.60 bits per heavy atom. The first-order valence-electron chi connectivity index (χ1n) is 5.61. The summed E-state index contributed by atoms with van der Waals surface area (Å²) in [5, 5.41) is 0.142. The zero-order valence-electron chi connectivity index (χ0n) is 10.0. The van der Waals surface area contributed by atoms with Gasteiger partial charge >= 0.3 is 6.18 Å². The fourth-order valence-corrected chi connectivity index (χ4v) is 2.22. The monoisotopic (exact) mass is 348 g/mol. The first-order chi connectivity index (χ1) is 9.43. The van der Waals surface area contributed by atoms with Crippen molar-refractivity contribution in [3.8, 4) is 11.5 Å². The molecule has 20 heavy (non-hydrogen) atoms. The van der Waals surface area contributed by atoms with Gasteiger partial charge in [-0.2, -0.15) is 13.2 Å². The van der Waals surface area contributed by atoms with Crippen molar-refractivity contribution < 1.29 is 22.3 Å².